The molecule has 3 heteroatoms. The monoisotopic (exact) mass is 251 g/mol. The van der Waals surface area contributed by atoms with Crippen LogP contribution in [0, 0.1) is 11.7 Å². The third-order valence-corrected chi connectivity index (χ3v) is 3.74. The van der Waals surface area contributed by atoms with Crippen LogP contribution in [0.1, 0.15) is 51.1 Å². The molecule has 1 atom stereocenters. The quantitative estimate of drug-likeness (QED) is 0.886. The molecular weight excluding hydrogens is 229 g/mol. The summed E-state index contributed by atoms with van der Waals surface area (Å²) in [6.07, 6.45) is 4.55. The molecule has 0 heterocycles. The van der Waals surface area contributed by atoms with Crippen molar-refractivity contribution >= 4 is 0 Å². The van der Waals surface area contributed by atoms with Crippen molar-refractivity contribution in [1.29, 1.82) is 0 Å². The van der Waals surface area contributed by atoms with Gasteiger partial charge in [-0.25, -0.2) is 4.39 Å². The zero-order valence-electron chi connectivity index (χ0n) is 11.2. The SMILES string of the molecule is CC1CCC(Oc2ccc([C@@H](C)N)cc2F)CC1. The molecule has 100 valence electrons. The second-order valence-electron chi connectivity index (χ2n) is 5.48. The van der Waals surface area contributed by atoms with E-state index in [0.29, 0.717) is 5.75 Å². The van der Waals surface area contributed by atoms with E-state index < -0.39 is 0 Å². The molecular formula is C15H22FNO. The minimum Gasteiger partial charge on any atom is -0.487 e. The summed E-state index contributed by atoms with van der Waals surface area (Å²) in [6, 6.07) is 4.87. The summed E-state index contributed by atoms with van der Waals surface area (Å²) in [5.74, 6) is 0.831. The normalized spacial score (nSPS) is 25.8. The second-order valence-corrected chi connectivity index (χ2v) is 5.48. The van der Waals surface area contributed by atoms with E-state index in [1.165, 1.54) is 18.9 Å². The zero-order valence-corrected chi connectivity index (χ0v) is 11.2. The molecule has 2 N–H and O–H groups in total. The molecule has 18 heavy (non-hydrogen) atoms. The van der Waals surface area contributed by atoms with Crippen molar-refractivity contribution in [3.63, 3.8) is 0 Å². The van der Waals surface area contributed by atoms with Crippen LogP contribution in [0.5, 0.6) is 5.75 Å². The molecule has 2 nitrogen and oxygen atoms in total. The van der Waals surface area contributed by atoms with Gasteiger partial charge in [0.25, 0.3) is 0 Å². The van der Waals surface area contributed by atoms with Crippen LogP contribution in [0.15, 0.2) is 18.2 Å². The summed E-state index contributed by atoms with van der Waals surface area (Å²) in [4.78, 5) is 0. The molecule has 0 spiro atoms. The Morgan fingerprint density at radius 1 is 1.28 bits per heavy atom. The Hall–Kier alpha value is -1.09. The summed E-state index contributed by atoms with van der Waals surface area (Å²) in [6.45, 7) is 4.10. The molecule has 0 radical (unpaired) electrons. The van der Waals surface area contributed by atoms with E-state index >= 15 is 0 Å². The lowest BCUT2D eigenvalue weighted by Gasteiger charge is -2.27. The molecule has 1 fully saturated rings. The van der Waals surface area contributed by atoms with Gasteiger partial charge in [0, 0.05) is 6.04 Å². The summed E-state index contributed by atoms with van der Waals surface area (Å²) >= 11 is 0. The van der Waals surface area contributed by atoms with Gasteiger partial charge in [0.2, 0.25) is 0 Å². The second kappa shape index (κ2) is 5.70. The zero-order chi connectivity index (χ0) is 13.1. The topological polar surface area (TPSA) is 35.2 Å². The molecule has 0 unspecified atom stereocenters. The lowest BCUT2D eigenvalue weighted by molar-refractivity contribution is 0.130. The minimum atomic E-state index is -0.302. The minimum absolute atomic E-state index is 0.149. The van der Waals surface area contributed by atoms with Gasteiger partial charge in [0.05, 0.1) is 6.10 Å². The van der Waals surface area contributed by atoms with Crippen molar-refractivity contribution in [2.24, 2.45) is 11.7 Å². The average Bonchev–Trinajstić information content (AvgIpc) is 2.34. The molecule has 1 aromatic carbocycles. The summed E-state index contributed by atoms with van der Waals surface area (Å²) < 4.78 is 19.6. The Bertz CT molecular complexity index is 397. The van der Waals surface area contributed by atoms with Gasteiger partial charge in [0.15, 0.2) is 11.6 Å². The van der Waals surface area contributed by atoms with Gasteiger partial charge in [-0.05, 0) is 56.2 Å². The standard InChI is InChI=1S/C15H22FNO/c1-10-3-6-13(7-4-10)18-15-8-5-12(11(2)17)9-14(15)16/h5,8-11,13H,3-4,6-7,17H2,1-2H3/t10?,11-,13?/m1/s1. The highest BCUT2D eigenvalue weighted by atomic mass is 19.1. The van der Waals surface area contributed by atoms with Crippen molar-refractivity contribution in [2.45, 2.75) is 51.7 Å². The van der Waals surface area contributed by atoms with E-state index in [9.17, 15) is 4.39 Å². The first-order valence-electron chi connectivity index (χ1n) is 6.78. The Morgan fingerprint density at radius 2 is 1.94 bits per heavy atom. The van der Waals surface area contributed by atoms with Gasteiger partial charge in [-0.3, -0.25) is 0 Å². The Morgan fingerprint density at radius 3 is 2.50 bits per heavy atom. The van der Waals surface area contributed by atoms with E-state index in [1.807, 2.05) is 13.0 Å². The first kappa shape index (κ1) is 13.3. The molecule has 1 saturated carbocycles. The van der Waals surface area contributed by atoms with Gasteiger partial charge >= 0.3 is 0 Å². The number of hydrogen-bond acceptors (Lipinski definition) is 2. The van der Waals surface area contributed by atoms with Crippen LogP contribution >= 0.6 is 0 Å². The first-order chi connectivity index (χ1) is 8.56. The van der Waals surface area contributed by atoms with Crippen LogP contribution < -0.4 is 10.5 Å². The molecule has 0 bridgehead atoms. The van der Waals surface area contributed by atoms with Crippen molar-refractivity contribution in [1.82, 2.24) is 0 Å². The summed E-state index contributed by atoms with van der Waals surface area (Å²) in [5, 5.41) is 0. The van der Waals surface area contributed by atoms with Crippen molar-refractivity contribution < 1.29 is 9.13 Å². The molecule has 1 aliphatic carbocycles. The van der Waals surface area contributed by atoms with Crippen LogP contribution in [0.25, 0.3) is 0 Å². The lowest BCUT2D eigenvalue weighted by Crippen LogP contribution is -2.23. The molecule has 0 saturated heterocycles. The Labute approximate surface area is 108 Å². The number of hydrogen-bond donors (Lipinski definition) is 1. The van der Waals surface area contributed by atoms with Gasteiger partial charge < -0.3 is 10.5 Å². The van der Waals surface area contributed by atoms with Crippen molar-refractivity contribution in [3.8, 4) is 5.75 Å². The highest BCUT2D eigenvalue weighted by molar-refractivity contribution is 5.30. The van der Waals surface area contributed by atoms with E-state index in [-0.39, 0.29) is 18.0 Å². The third kappa shape index (κ3) is 3.22. The van der Waals surface area contributed by atoms with Crippen molar-refractivity contribution in [3.05, 3.63) is 29.6 Å². The highest BCUT2D eigenvalue weighted by Gasteiger charge is 2.20. The molecule has 0 aromatic heterocycles. The van der Waals surface area contributed by atoms with E-state index in [0.717, 1.165) is 24.3 Å². The van der Waals surface area contributed by atoms with Crippen LogP contribution in [0.3, 0.4) is 0 Å². The van der Waals surface area contributed by atoms with E-state index in [4.69, 9.17) is 10.5 Å². The van der Waals surface area contributed by atoms with E-state index in [2.05, 4.69) is 6.92 Å². The lowest BCUT2D eigenvalue weighted by atomic mass is 9.89. The van der Waals surface area contributed by atoms with Crippen molar-refractivity contribution in [2.75, 3.05) is 0 Å². The van der Waals surface area contributed by atoms with Gasteiger partial charge in [-0.1, -0.05) is 13.0 Å². The maximum absolute atomic E-state index is 13.9. The van der Waals surface area contributed by atoms with Crippen LogP contribution in [0.2, 0.25) is 0 Å². The molecule has 0 aliphatic heterocycles. The molecule has 1 aromatic rings. The van der Waals surface area contributed by atoms with Gasteiger partial charge in [-0.2, -0.15) is 0 Å². The fourth-order valence-corrected chi connectivity index (χ4v) is 2.42. The largest absolute Gasteiger partial charge is 0.487 e. The van der Waals surface area contributed by atoms with Crippen LogP contribution in [-0.4, -0.2) is 6.10 Å². The highest BCUT2D eigenvalue weighted by Crippen LogP contribution is 2.29. The maximum atomic E-state index is 13.9. The number of ether oxygens (including phenoxy) is 1. The molecule has 0 amide bonds. The molecule has 1 aliphatic rings. The number of benzene rings is 1. The smallest absolute Gasteiger partial charge is 0.165 e. The number of nitrogens with two attached hydrogens (primary N) is 1. The summed E-state index contributed by atoms with van der Waals surface area (Å²) in [7, 11) is 0. The number of halogens is 1. The number of rotatable bonds is 3. The predicted molar refractivity (Wildman–Crippen MR) is 71.1 cm³/mol. The maximum Gasteiger partial charge on any atom is 0.165 e. The summed E-state index contributed by atoms with van der Waals surface area (Å²) in [5.41, 5.74) is 6.53. The van der Waals surface area contributed by atoms with Crippen LogP contribution in [-0.2, 0) is 0 Å². The van der Waals surface area contributed by atoms with Crippen LogP contribution in [0.4, 0.5) is 4.39 Å². The molecule has 2 rings (SSSR count). The fraction of sp³-hybridized carbons (Fsp3) is 0.600. The Kier molecular flexibility index (Phi) is 4.23. The van der Waals surface area contributed by atoms with Gasteiger partial charge in [0.1, 0.15) is 0 Å². The average molecular weight is 251 g/mol. The third-order valence-electron chi connectivity index (χ3n) is 3.74. The van der Waals surface area contributed by atoms with E-state index in [1.54, 1.807) is 6.07 Å². The fourth-order valence-electron chi connectivity index (χ4n) is 2.42. The Balaban J connectivity index is 2.01. The first-order valence-corrected chi connectivity index (χ1v) is 6.78. The predicted octanol–water partition coefficient (Wildman–Crippen LogP) is 3.80. The van der Waals surface area contributed by atoms with Gasteiger partial charge in [-0.15, -0.1) is 0 Å².